The highest BCUT2D eigenvalue weighted by atomic mass is 31.2. The number of allylic oxidation sites excluding steroid dienone is 4. The van der Waals surface area contributed by atoms with E-state index in [1.165, 1.54) is 89.9 Å². The maximum Gasteiger partial charge on any atom is 0.469 e. The minimum Gasteiger partial charge on any atom is -0.303 e. The summed E-state index contributed by atoms with van der Waals surface area (Å²) in [6, 6.07) is 0. The van der Waals surface area contributed by atoms with Gasteiger partial charge in [0, 0.05) is 12.8 Å². The van der Waals surface area contributed by atoms with Crippen molar-refractivity contribution in [1.82, 2.24) is 4.90 Å². The van der Waals surface area contributed by atoms with Crippen LogP contribution in [0.2, 0.25) is 0 Å². The van der Waals surface area contributed by atoms with Crippen molar-refractivity contribution in [2.24, 2.45) is 0 Å². The number of hydrogen-bond donors (Lipinski definition) is 2. The SMILES string of the molecule is CCCCCCCC/C=C/CCCCCCCC(=O)N(CCOP(=O)(O)O)C(=O)CCCCCCC/C=C/CCCCCCCC. The van der Waals surface area contributed by atoms with Crippen molar-refractivity contribution >= 4 is 19.6 Å². The summed E-state index contributed by atoms with van der Waals surface area (Å²) in [4.78, 5) is 44.9. The maximum atomic E-state index is 12.9. The first-order chi connectivity index (χ1) is 22.3. The Morgan fingerprint density at radius 2 is 0.826 bits per heavy atom. The molecule has 0 atom stereocenters. The van der Waals surface area contributed by atoms with Gasteiger partial charge in [-0.2, -0.15) is 0 Å². The van der Waals surface area contributed by atoms with Crippen LogP contribution in [0.15, 0.2) is 24.3 Å². The minimum atomic E-state index is -4.65. The molecule has 0 bridgehead atoms. The molecule has 46 heavy (non-hydrogen) atoms. The van der Waals surface area contributed by atoms with Gasteiger partial charge in [0.2, 0.25) is 11.8 Å². The first-order valence-electron chi connectivity index (χ1n) is 19.1. The number of carbonyl (C=O) groups excluding carboxylic acids is 2. The zero-order chi connectivity index (χ0) is 34.0. The van der Waals surface area contributed by atoms with E-state index in [0.29, 0.717) is 12.8 Å². The highest BCUT2D eigenvalue weighted by Gasteiger charge is 2.22. The van der Waals surface area contributed by atoms with Crippen LogP contribution in [0.4, 0.5) is 0 Å². The highest BCUT2D eigenvalue weighted by Crippen LogP contribution is 2.35. The van der Waals surface area contributed by atoms with E-state index in [1.54, 1.807) is 0 Å². The third-order valence-electron chi connectivity index (χ3n) is 8.48. The molecule has 270 valence electrons. The molecule has 0 fully saturated rings. The molecular weight excluding hydrogens is 597 g/mol. The van der Waals surface area contributed by atoms with Gasteiger partial charge >= 0.3 is 7.82 Å². The average Bonchev–Trinajstić information content (AvgIpc) is 3.02. The molecule has 2 N–H and O–H groups in total. The summed E-state index contributed by atoms with van der Waals surface area (Å²) < 4.78 is 15.6. The van der Waals surface area contributed by atoms with Gasteiger partial charge in [0.1, 0.15) is 0 Å². The van der Waals surface area contributed by atoms with E-state index in [0.717, 1.165) is 69.1 Å². The van der Waals surface area contributed by atoms with E-state index in [9.17, 15) is 14.2 Å². The molecule has 0 aliphatic carbocycles. The molecule has 0 saturated heterocycles. The van der Waals surface area contributed by atoms with Crippen molar-refractivity contribution < 1.29 is 28.5 Å². The minimum absolute atomic E-state index is 0.126. The summed E-state index contributed by atoms with van der Waals surface area (Å²) >= 11 is 0. The van der Waals surface area contributed by atoms with Crippen LogP contribution in [0.5, 0.6) is 0 Å². The van der Waals surface area contributed by atoms with Crippen LogP contribution < -0.4 is 0 Å². The number of hydrogen-bond acceptors (Lipinski definition) is 4. The molecule has 0 aliphatic rings. The van der Waals surface area contributed by atoms with Gasteiger partial charge in [0.25, 0.3) is 0 Å². The number of phosphoric acid groups is 1. The average molecular weight is 670 g/mol. The molecule has 7 nitrogen and oxygen atoms in total. The third kappa shape index (κ3) is 32.7. The van der Waals surface area contributed by atoms with E-state index in [1.807, 2.05) is 0 Å². The molecule has 0 aromatic rings. The molecule has 0 aromatic carbocycles. The quantitative estimate of drug-likeness (QED) is 0.0401. The van der Waals surface area contributed by atoms with Crippen LogP contribution in [-0.2, 0) is 18.7 Å². The van der Waals surface area contributed by atoms with Crippen molar-refractivity contribution in [2.45, 2.75) is 194 Å². The second-order valence-electron chi connectivity index (χ2n) is 12.9. The Bertz CT molecular complexity index is 757. The van der Waals surface area contributed by atoms with E-state index >= 15 is 0 Å². The molecule has 0 heterocycles. The molecule has 0 rings (SSSR count). The van der Waals surface area contributed by atoms with Crippen LogP contribution in [-0.4, -0.2) is 39.7 Å². The standard InChI is InChI=1S/C38H72NO6P/c1-3-5-7-9-11-13-15-17-19-21-23-25-27-29-31-33-37(40)39(35-36-45-46(42,43)44)38(41)34-32-30-28-26-24-22-20-18-16-14-12-10-8-6-4-2/h17-20H,3-16,21-36H2,1-2H3,(H2,42,43,44)/b19-17+,20-18+. The fourth-order valence-corrected chi connectivity index (χ4v) is 5.92. The van der Waals surface area contributed by atoms with E-state index in [4.69, 9.17) is 9.79 Å². The zero-order valence-electron chi connectivity index (χ0n) is 29.9. The van der Waals surface area contributed by atoms with Gasteiger partial charge in [-0.1, -0.05) is 141 Å². The Hall–Kier alpha value is -1.27. The van der Waals surface area contributed by atoms with Crippen molar-refractivity contribution in [2.75, 3.05) is 13.2 Å². The van der Waals surface area contributed by atoms with Crippen LogP contribution in [0.3, 0.4) is 0 Å². The first-order valence-corrected chi connectivity index (χ1v) is 20.7. The monoisotopic (exact) mass is 670 g/mol. The molecule has 0 aromatic heterocycles. The topological polar surface area (TPSA) is 104 Å². The molecule has 0 radical (unpaired) electrons. The number of rotatable bonds is 34. The molecule has 0 saturated carbocycles. The summed E-state index contributed by atoms with van der Waals surface area (Å²) in [6.45, 7) is 4.01. The summed E-state index contributed by atoms with van der Waals surface area (Å²) in [5.74, 6) is -0.547. The molecule has 8 heteroatoms. The number of carbonyl (C=O) groups is 2. The molecule has 0 spiro atoms. The normalized spacial score (nSPS) is 12.1. The van der Waals surface area contributed by atoms with Crippen LogP contribution in [0.25, 0.3) is 0 Å². The summed E-state index contributed by atoms with van der Waals surface area (Å²) in [5.41, 5.74) is 0. The van der Waals surface area contributed by atoms with Crippen molar-refractivity contribution in [3.63, 3.8) is 0 Å². The lowest BCUT2D eigenvalue weighted by atomic mass is 10.1. The maximum absolute atomic E-state index is 12.9. The summed E-state index contributed by atoms with van der Waals surface area (Å²) in [5, 5.41) is 0. The Morgan fingerprint density at radius 3 is 1.15 bits per heavy atom. The van der Waals surface area contributed by atoms with Crippen LogP contribution >= 0.6 is 7.82 Å². The third-order valence-corrected chi connectivity index (χ3v) is 9.00. The van der Waals surface area contributed by atoms with E-state index in [2.05, 4.69) is 42.7 Å². The van der Waals surface area contributed by atoms with Crippen LogP contribution in [0.1, 0.15) is 194 Å². The van der Waals surface area contributed by atoms with Gasteiger partial charge in [-0.05, 0) is 64.2 Å². The van der Waals surface area contributed by atoms with Crippen molar-refractivity contribution in [3.8, 4) is 0 Å². The Labute approximate surface area is 283 Å². The van der Waals surface area contributed by atoms with E-state index in [-0.39, 0.29) is 37.8 Å². The first kappa shape index (κ1) is 44.7. The second kappa shape index (κ2) is 33.6. The lowest BCUT2D eigenvalue weighted by Gasteiger charge is -2.21. The number of imide groups is 1. The van der Waals surface area contributed by atoms with Gasteiger partial charge in [-0.15, -0.1) is 0 Å². The smallest absolute Gasteiger partial charge is 0.303 e. The lowest BCUT2D eigenvalue weighted by molar-refractivity contribution is -0.145. The summed E-state index contributed by atoms with van der Waals surface area (Å²) in [7, 11) is -4.65. The number of unbranched alkanes of at least 4 members (excludes halogenated alkanes) is 22. The van der Waals surface area contributed by atoms with Gasteiger partial charge in [-0.3, -0.25) is 19.0 Å². The van der Waals surface area contributed by atoms with E-state index < -0.39 is 7.82 Å². The highest BCUT2D eigenvalue weighted by molar-refractivity contribution is 7.46. The fourth-order valence-electron chi connectivity index (χ4n) is 5.60. The predicted molar refractivity (Wildman–Crippen MR) is 194 cm³/mol. The van der Waals surface area contributed by atoms with Crippen LogP contribution in [0, 0.1) is 0 Å². The molecular formula is C38H72NO6P. The van der Waals surface area contributed by atoms with Crippen molar-refractivity contribution in [1.29, 1.82) is 0 Å². The second-order valence-corrected chi connectivity index (χ2v) is 14.2. The van der Waals surface area contributed by atoms with Gasteiger partial charge in [0.05, 0.1) is 13.2 Å². The Kier molecular flexibility index (Phi) is 32.7. The molecule has 0 unspecified atom stereocenters. The predicted octanol–water partition coefficient (Wildman–Crippen LogP) is 11.5. The van der Waals surface area contributed by atoms with Gasteiger partial charge < -0.3 is 9.79 Å². The zero-order valence-corrected chi connectivity index (χ0v) is 30.8. The van der Waals surface area contributed by atoms with Gasteiger partial charge in [-0.25, -0.2) is 4.57 Å². The number of amides is 2. The Morgan fingerprint density at radius 1 is 0.522 bits per heavy atom. The number of phosphoric ester groups is 1. The fraction of sp³-hybridized carbons (Fsp3) is 0.842. The summed E-state index contributed by atoms with van der Waals surface area (Å²) in [6.07, 6.45) is 40.3. The van der Waals surface area contributed by atoms with Crippen molar-refractivity contribution in [3.05, 3.63) is 24.3 Å². The largest absolute Gasteiger partial charge is 0.469 e. The lowest BCUT2D eigenvalue weighted by Crippen LogP contribution is -2.39. The number of nitrogens with zero attached hydrogens (tertiary/aromatic N) is 1. The molecule has 2 amide bonds. The Balaban J connectivity index is 4.10. The van der Waals surface area contributed by atoms with Gasteiger partial charge in [0.15, 0.2) is 0 Å². The molecule has 0 aliphatic heterocycles.